The Balaban J connectivity index is 0.000000164. The third kappa shape index (κ3) is 6.20. The van der Waals surface area contributed by atoms with Crippen LogP contribution in [0.25, 0.3) is 65.4 Å². The molecule has 53 heavy (non-hydrogen) atoms. The molecule has 8 aromatic carbocycles. The van der Waals surface area contributed by atoms with Crippen molar-refractivity contribution in [2.24, 2.45) is 7.05 Å². The number of aryl methyl sites for hydroxylation is 1. The van der Waals surface area contributed by atoms with Crippen molar-refractivity contribution in [3.8, 4) is 11.3 Å². The Morgan fingerprint density at radius 3 is 1.75 bits per heavy atom. The third-order valence-corrected chi connectivity index (χ3v) is 12.9. The molecule has 0 aliphatic rings. The molecule has 10 rings (SSSR count). The van der Waals surface area contributed by atoms with Crippen molar-refractivity contribution in [1.29, 1.82) is 0 Å². The van der Waals surface area contributed by atoms with Crippen LogP contribution in [0.3, 0.4) is 0 Å². The van der Waals surface area contributed by atoms with Gasteiger partial charge in [-0.15, -0.1) is 40.6 Å². The van der Waals surface area contributed by atoms with E-state index in [-0.39, 0.29) is 20.1 Å². The minimum absolute atomic E-state index is 0. The Morgan fingerprint density at radius 2 is 1.11 bits per heavy atom. The van der Waals surface area contributed by atoms with E-state index in [1.165, 1.54) is 21.8 Å². The SMILES string of the molecule is Cn1c2ccccc2c2cc[c-]c(-c3ccccn3)c21.O=P(c1[c-]cc2ccccc2c1)(c1ccc2ccccc2c1)c1ccc2ccccc2c1.[Ir]. The quantitative estimate of drug-likeness (QED) is 0.130. The minimum Gasteiger partial charge on any atom is -0.383 e. The van der Waals surface area contributed by atoms with Crippen LogP contribution in [-0.4, -0.2) is 9.55 Å². The number of fused-ring (bicyclic) bond motifs is 6. The second kappa shape index (κ2) is 14.4. The van der Waals surface area contributed by atoms with Crippen LogP contribution in [0, 0.1) is 12.1 Å². The van der Waals surface area contributed by atoms with Crippen LogP contribution in [0.2, 0.25) is 0 Å². The number of hydrogen-bond acceptors (Lipinski definition) is 2. The standard InChI is InChI=1S/C30H20OP.C18H13N2.Ir/c31-32(28-16-13-22-7-1-4-10-25(22)19-28,29-17-14-23-8-2-5-11-26(23)20-29)30-18-15-24-9-3-6-12-27(24)21-30;1-20-17-11-3-2-7-13(17)14-8-6-9-15(18(14)20)16-10-4-5-12-19-16;/h1-17,19-21H;2-8,10-12H,1H3;/q2*-1;. The summed E-state index contributed by atoms with van der Waals surface area (Å²) in [5.41, 5.74) is 4.44. The molecule has 0 spiro atoms. The molecule has 0 saturated heterocycles. The molecule has 0 atom stereocenters. The van der Waals surface area contributed by atoms with E-state index in [0.29, 0.717) is 0 Å². The first-order valence-corrected chi connectivity index (χ1v) is 19.1. The van der Waals surface area contributed by atoms with E-state index >= 15 is 4.57 Å². The Bertz CT molecular complexity index is 2770. The molecule has 2 heterocycles. The van der Waals surface area contributed by atoms with E-state index in [1.54, 1.807) is 0 Å². The molecule has 0 N–H and O–H groups in total. The molecule has 0 saturated carbocycles. The maximum atomic E-state index is 15.1. The van der Waals surface area contributed by atoms with Crippen molar-refractivity contribution in [2.75, 3.05) is 0 Å². The molecule has 0 bridgehead atoms. The first kappa shape index (κ1) is 34.5. The Morgan fingerprint density at radius 1 is 0.547 bits per heavy atom. The fraction of sp³-hybridized carbons (Fsp3) is 0.0208. The van der Waals surface area contributed by atoms with Crippen molar-refractivity contribution in [3.63, 3.8) is 0 Å². The van der Waals surface area contributed by atoms with Crippen molar-refractivity contribution in [1.82, 2.24) is 9.55 Å². The number of pyridine rings is 1. The summed E-state index contributed by atoms with van der Waals surface area (Å²) in [7, 11) is -1.04. The molecule has 0 aliphatic heterocycles. The van der Waals surface area contributed by atoms with Gasteiger partial charge in [-0.05, 0) is 62.4 Å². The zero-order chi connectivity index (χ0) is 35.1. The molecule has 3 nitrogen and oxygen atoms in total. The van der Waals surface area contributed by atoms with Gasteiger partial charge < -0.3 is 14.1 Å². The van der Waals surface area contributed by atoms with Gasteiger partial charge in [0.05, 0.1) is 0 Å². The summed E-state index contributed by atoms with van der Waals surface area (Å²) in [6.07, 6.45) is 1.82. The number of nitrogens with zero attached hydrogens (tertiary/aromatic N) is 2. The third-order valence-electron chi connectivity index (χ3n) is 9.98. The number of para-hydroxylation sites is 1. The van der Waals surface area contributed by atoms with Gasteiger partial charge in [-0.1, -0.05) is 132 Å². The zero-order valence-electron chi connectivity index (χ0n) is 28.9. The summed E-state index contributed by atoms with van der Waals surface area (Å²) in [4.78, 5) is 4.47. The summed E-state index contributed by atoms with van der Waals surface area (Å²) in [5, 5.41) is 11.6. The molecule has 1 radical (unpaired) electrons. The predicted molar refractivity (Wildman–Crippen MR) is 220 cm³/mol. The first-order valence-electron chi connectivity index (χ1n) is 17.4. The molecule has 5 heteroatoms. The van der Waals surface area contributed by atoms with E-state index < -0.39 is 7.14 Å². The van der Waals surface area contributed by atoms with Crippen molar-refractivity contribution in [3.05, 3.63) is 194 Å². The summed E-state index contributed by atoms with van der Waals surface area (Å²) in [6.45, 7) is 0. The van der Waals surface area contributed by atoms with Gasteiger partial charge in [0.2, 0.25) is 0 Å². The van der Waals surface area contributed by atoms with Crippen molar-refractivity contribution >= 4 is 77.2 Å². The van der Waals surface area contributed by atoms with Gasteiger partial charge in [0.1, 0.15) is 7.14 Å². The number of aromatic nitrogens is 2. The van der Waals surface area contributed by atoms with E-state index in [4.69, 9.17) is 0 Å². The smallest absolute Gasteiger partial charge is 0.147 e. The van der Waals surface area contributed by atoms with Gasteiger partial charge in [-0.25, -0.2) is 0 Å². The normalized spacial score (nSPS) is 11.4. The summed E-state index contributed by atoms with van der Waals surface area (Å²) < 4.78 is 17.3. The maximum absolute atomic E-state index is 15.1. The molecule has 257 valence electrons. The summed E-state index contributed by atoms with van der Waals surface area (Å²) in [5.74, 6) is 0. The predicted octanol–water partition coefficient (Wildman–Crippen LogP) is 10.8. The molecule has 10 aromatic rings. The zero-order valence-corrected chi connectivity index (χ0v) is 32.2. The fourth-order valence-corrected chi connectivity index (χ4v) is 9.98. The second-order valence-corrected chi connectivity index (χ2v) is 15.8. The van der Waals surface area contributed by atoms with Crippen LogP contribution in [0.15, 0.2) is 182 Å². The maximum Gasteiger partial charge on any atom is 0.147 e. The molecule has 0 unspecified atom stereocenters. The van der Waals surface area contributed by atoms with Crippen molar-refractivity contribution < 1.29 is 24.7 Å². The number of rotatable bonds is 4. The van der Waals surface area contributed by atoms with E-state index in [9.17, 15) is 0 Å². The van der Waals surface area contributed by atoms with Crippen LogP contribution in [-0.2, 0) is 31.7 Å². The van der Waals surface area contributed by atoms with Crippen LogP contribution in [0.1, 0.15) is 0 Å². The summed E-state index contributed by atoms with van der Waals surface area (Å²) in [6, 6.07) is 66.2. The molecule has 0 aliphatic carbocycles. The number of hydrogen-bond donors (Lipinski definition) is 0. The van der Waals surface area contributed by atoms with Gasteiger partial charge in [0, 0.05) is 49.5 Å². The van der Waals surface area contributed by atoms with Crippen LogP contribution < -0.4 is 15.9 Å². The fourth-order valence-electron chi connectivity index (χ4n) is 7.34. The molecular formula is C48H33IrN2OP-2. The second-order valence-electron chi connectivity index (χ2n) is 13.0. The molecule has 0 fully saturated rings. The van der Waals surface area contributed by atoms with Gasteiger partial charge in [0.25, 0.3) is 0 Å². The molecular weight excluding hydrogens is 844 g/mol. The Labute approximate surface area is 322 Å². The Kier molecular flexibility index (Phi) is 9.37. The van der Waals surface area contributed by atoms with Gasteiger partial charge in [0.15, 0.2) is 0 Å². The van der Waals surface area contributed by atoms with Gasteiger partial charge in [-0.2, -0.15) is 18.2 Å². The Hall–Kier alpha value is -5.63. The molecule has 0 amide bonds. The van der Waals surface area contributed by atoms with Crippen LogP contribution >= 0.6 is 7.14 Å². The van der Waals surface area contributed by atoms with Crippen LogP contribution in [0.4, 0.5) is 0 Å². The van der Waals surface area contributed by atoms with E-state index in [2.05, 4.69) is 120 Å². The topological polar surface area (TPSA) is 34.9 Å². The van der Waals surface area contributed by atoms with E-state index in [1.807, 2.05) is 91.1 Å². The summed E-state index contributed by atoms with van der Waals surface area (Å²) >= 11 is 0. The average molecular weight is 877 g/mol. The van der Waals surface area contributed by atoms with E-state index in [0.717, 1.165) is 59.5 Å². The molecule has 2 aromatic heterocycles. The monoisotopic (exact) mass is 877 g/mol. The average Bonchev–Trinajstić information content (AvgIpc) is 3.52. The van der Waals surface area contributed by atoms with Gasteiger partial charge in [-0.3, -0.25) is 0 Å². The van der Waals surface area contributed by atoms with Crippen molar-refractivity contribution in [2.45, 2.75) is 0 Å². The largest absolute Gasteiger partial charge is 0.383 e. The minimum atomic E-state index is -3.15. The first-order chi connectivity index (χ1) is 25.6. The van der Waals surface area contributed by atoms with Crippen LogP contribution in [0.5, 0.6) is 0 Å². The number of benzene rings is 8. The van der Waals surface area contributed by atoms with Gasteiger partial charge >= 0.3 is 0 Å².